The molecule has 0 bridgehead atoms. The molecule has 0 aromatic heterocycles. The molecule has 1 atom stereocenters. The van der Waals surface area contributed by atoms with Gasteiger partial charge >= 0.3 is 0 Å². The summed E-state index contributed by atoms with van der Waals surface area (Å²) in [6.07, 6.45) is 0.228. The fourth-order valence-electron chi connectivity index (χ4n) is 4.79. The van der Waals surface area contributed by atoms with Gasteiger partial charge in [-0.25, -0.2) is 8.42 Å². The number of likely N-dealkylation sites (N-methyl/N-ethyl adjacent to an activating group) is 1. The standard InChI is InChI=1S/C34H36ClN3O5S/c1-4-36-34(40)32(22-26-9-6-5-7-10-26)37(23-27-11-8-12-28(35)21-27)33(39)24-38(29-15-17-30(43-3)18-16-29)44(41,42)31-19-13-25(2)14-20-31/h5-21,32H,4,22-24H2,1-3H3,(H,36,40)/t32-/m0/s1. The van der Waals surface area contributed by atoms with E-state index >= 15 is 0 Å². The van der Waals surface area contributed by atoms with Crippen LogP contribution in [0.5, 0.6) is 5.75 Å². The number of amides is 2. The van der Waals surface area contributed by atoms with Crippen molar-refractivity contribution in [3.05, 3.63) is 125 Å². The van der Waals surface area contributed by atoms with Crippen molar-refractivity contribution in [1.82, 2.24) is 10.2 Å². The fourth-order valence-corrected chi connectivity index (χ4v) is 6.42. The summed E-state index contributed by atoms with van der Waals surface area (Å²) in [5.41, 5.74) is 2.73. The monoisotopic (exact) mass is 633 g/mol. The largest absolute Gasteiger partial charge is 0.497 e. The zero-order chi connectivity index (χ0) is 31.7. The molecule has 4 aromatic rings. The highest BCUT2D eigenvalue weighted by Gasteiger charge is 2.34. The molecular formula is C34H36ClN3O5S. The van der Waals surface area contributed by atoms with Crippen molar-refractivity contribution >= 4 is 39.1 Å². The van der Waals surface area contributed by atoms with Crippen molar-refractivity contribution in [1.29, 1.82) is 0 Å². The maximum absolute atomic E-state index is 14.4. The number of nitrogens with zero attached hydrogens (tertiary/aromatic N) is 2. The van der Waals surface area contributed by atoms with Crippen LogP contribution in [-0.2, 0) is 32.6 Å². The second-order valence-corrected chi connectivity index (χ2v) is 12.6. The first-order chi connectivity index (χ1) is 21.1. The fraction of sp³-hybridized carbons (Fsp3) is 0.235. The van der Waals surface area contributed by atoms with Crippen LogP contribution in [0.1, 0.15) is 23.6 Å². The topological polar surface area (TPSA) is 96.0 Å². The van der Waals surface area contributed by atoms with E-state index in [-0.39, 0.29) is 29.5 Å². The molecule has 4 rings (SSSR count). The molecule has 0 aliphatic carbocycles. The predicted octanol–water partition coefficient (Wildman–Crippen LogP) is 5.63. The number of rotatable bonds is 13. The maximum Gasteiger partial charge on any atom is 0.264 e. The Morgan fingerprint density at radius 2 is 1.55 bits per heavy atom. The van der Waals surface area contributed by atoms with Gasteiger partial charge in [0, 0.05) is 24.5 Å². The van der Waals surface area contributed by atoms with Gasteiger partial charge in [-0.2, -0.15) is 0 Å². The van der Waals surface area contributed by atoms with Gasteiger partial charge in [0.25, 0.3) is 10.0 Å². The zero-order valence-corrected chi connectivity index (χ0v) is 26.5. The minimum absolute atomic E-state index is 0.0368. The number of sulfonamides is 1. The van der Waals surface area contributed by atoms with Crippen LogP contribution in [0.15, 0.2) is 108 Å². The Bertz CT molecular complexity index is 1660. The zero-order valence-electron chi connectivity index (χ0n) is 24.9. The summed E-state index contributed by atoms with van der Waals surface area (Å²) in [4.78, 5) is 29.4. The summed E-state index contributed by atoms with van der Waals surface area (Å²) in [5, 5.41) is 3.33. The molecule has 1 N–H and O–H groups in total. The van der Waals surface area contributed by atoms with E-state index in [0.29, 0.717) is 22.9 Å². The molecule has 0 heterocycles. The lowest BCUT2D eigenvalue weighted by atomic mass is 10.0. The molecule has 0 aliphatic heterocycles. The summed E-state index contributed by atoms with van der Waals surface area (Å²) in [5.74, 6) is -0.359. The number of nitrogens with one attached hydrogen (secondary N) is 1. The van der Waals surface area contributed by atoms with Gasteiger partial charge in [0.15, 0.2) is 0 Å². The molecule has 0 unspecified atom stereocenters. The van der Waals surface area contributed by atoms with E-state index in [4.69, 9.17) is 16.3 Å². The Labute approximate surface area is 264 Å². The molecule has 0 aliphatic rings. The highest BCUT2D eigenvalue weighted by atomic mass is 35.5. The molecular weight excluding hydrogens is 598 g/mol. The smallest absolute Gasteiger partial charge is 0.264 e. The summed E-state index contributed by atoms with van der Waals surface area (Å²) >= 11 is 6.28. The Morgan fingerprint density at radius 3 is 2.16 bits per heavy atom. The molecule has 2 amide bonds. The number of aryl methyl sites for hydroxylation is 1. The Balaban J connectivity index is 1.79. The highest BCUT2D eigenvalue weighted by molar-refractivity contribution is 7.92. The van der Waals surface area contributed by atoms with Crippen LogP contribution in [0.25, 0.3) is 0 Å². The number of carbonyl (C=O) groups excluding carboxylic acids is 2. The summed E-state index contributed by atoms with van der Waals surface area (Å²) in [6, 6.07) is 28.4. The summed E-state index contributed by atoms with van der Waals surface area (Å²) in [7, 11) is -2.68. The third-order valence-electron chi connectivity index (χ3n) is 7.11. The van der Waals surface area contributed by atoms with Crippen molar-refractivity contribution in [2.45, 2.75) is 37.8 Å². The molecule has 44 heavy (non-hydrogen) atoms. The Morgan fingerprint density at radius 1 is 0.886 bits per heavy atom. The number of anilines is 1. The van der Waals surface area contributed by atoms with Crippen molar-refractivity contribution in [2.24, 2.45) is 0 Å². The van der Waals surface area contributed by atoms with E-state index in [2.05, 4.69) is 5.32 Å². The molecule has 4 aromatic carbocycles. The third-order valence-corrected chi connectivity index (χ3v) is 9.14. The molecule has 0 saturated heterocycles. The van der Waals surface area contributed by atoms with Gasteiger partial charge in [-0.05, 0) is 73.5 Å². The first-order valence-electron chi connectivity index (χ1n) is 14.2. The molecule has 0 spiro atoms. The molecule has 0 saturated carbocycles. The molecule has 10 heteroatoms. The number of benzene rings is 4. The third kappa shape index (κ3) is 8.18. The van der Waals surface area contributed by atoms with Gasteiger partial charge in [0.2, 0.25) is 11.8 Å². The normalized spacial score (nSPS) is 11.8. The van der Waals surface area contributed by atoms with E-state index in [1.807, 2.05) is 43.3 Å². The van der Waals surface area contributed by atoms with Gasteiger partial charge in [0.1, 0.15) is 18.3 Å². The number of hydrogen-bond acceptors (Lipinski definition) is 5. The number of ether oxygens (including phenoxy) is 1. The minimum atomic E-state index is -4.19. The highest BCUT2D eigenvalue weighted by Crippen LogP contribution is 2.27. The quantitative estimate of drug-likeness (QED) is 0.206. The van der Waals surface area contributed by atoms with Crippen LogP contribution in [0.3, 0.4) is 0 Å². The molecule has 0 fully saturated rings. The number of methoxy groups -OCH3 is 1. The summed E-state index contributed by atoms with van der Waals surface area (Å²) < 4.78 is 34.5. The van der Waals surface area contributed by atoms with E-state index in [9.17, 15) is 18.0 Å². The van der Waals surface area contributed by atoms with Crippen LogP contribution in [0.4, 0.5) is 5.69 Å². The first-order valence-corrected chi connectivity index (χ1v) is 16.0. The number of halogens is 1. The maximum atomic E-state index is 14.4. The molecule has 8 nitrogen and oxygen atoms in total. The van der Waals surface area contributed by atoms with Gasteiger partial charge in [-0.15, -0.1) is 0 Å². The van der Waals surface area contributed by atoms with Crippen molar-refractivity contribution in [3.63, 3.8) is 0 Å². The second kappa shape index (κ2) is 14.9. The summed E-state index contributed by atoms with van der Waals surface area (Å²) in [6.45, 7) is 3.52. The van der Waals surface area contributed by atoms with Gasteiger partial charge in [0.05, 0.1) is 17.7 Å². The van der Waals surface area contributed by atoms with Crippen LogP contribution in [0.2, 0.25) is 5.02 Å². The average molecular weight is 634 g/mol. The van der Waals surface area contributed by atoms with E-state index < -0.39 is 28.5 Å². The van der Waals surface area contributed by atoms with Crippen LogP contribution >= 0.6 is 11.6 Å². The van der Waals surface area contributed by atoms with E-state index in [1.165, 1.54) is 24.1 Å². The molecule has 0 radical (unpaired) electrons. The average Bonchev–Trinajstić information content (AvgIpc) is 3.02. The van der Waals surface area contributed by atoms with Crippen molar-refractivity contribution < 1.29 is 22.7 Å². The van der Waals surface area contributed by atoms with Gasteiger partial charge < -0.3 is 15.0 Å². The van der Waals surface area contributed by atoms with E-state index in [0.717, 1.165) is 15.4 Å². The predicted molar refractivity (Wildman–Crippen MR) is 173 cm³/mol. The van der Waals surface area contributed by atoms with Crippen LogP contribution in [0, 0.1) is 6.92 Å². The first kappa shape index (κ1) is 32.6. The lowest BCUT2D eigenvalue weighted by Gasteiger charge is -2.34. The van der Waals surface area contributed by atoms with Crippen LogP contribution in [-0.4, -0.2) is 51.4 Å². The number of hydrogen-bond donors (Lipinski definition) is 1. The van der Waals surface area contributed by atoms with Crippen molar-refractivity contribution in [2.75, 3.05) is 24.5 Å². The Kier molecular flexibility index (Phi) is 11.0. The number of carbonyl (C=O) groups is 2. The van der Waals surface area contributed by atoms with Crippen LogP contribution < -0.4 is 14.4 Å². The van der Waals surface area contributed by atoms with Gasteiger partial charge in [-0.3, -0.25) is 13.9 Å². The minimum Gasteiger partial charge on any atom is -0.497 e. The Hall–Kier alpha value is -4.34. The molecule has 230 valence electrons. The lowest BCUT2D eigenvalue weighted by molar-refractivity contribution is -0.140. The van der Waals surface area contributed by atoms with Gasteiger partial charge in [-0.1, -0.05) is 71.8 Å². The van der Waals surface area contributed by atoms with E-state index in [1.54, 1.807) is 61.5 Å². The second-order valence-electron chi connectivity index (χ2n) is 10.3. The SMILES string of the molecule is CCNC(=O)[C@H](Cc1ccccc1)N(Cc1cccc(Cl)c1)C(=O)CN(c1ccc(OC)cc1)S(=O)(=O)c1ccc(C)cc1. The van der Waals surface area contributed by atoms with Crippen molar-refractivity contribution in [3.8, 4) is 5.75 Å². The lowest BCUT2D eigenvalue weighted by Crippen LogP contribution is -2.53.